The molecule has 0 bridgehead atoms. The molecule has 4 heteroatoms. The predicted molar refractivity (Wildman–Crippen MR) is 86.9 cm³/mol. The first-order chi connectivity index (χ1) is 10.3. The minimum absolute atomic E-state index is 0.681. The number of anilines is 1. The van der Waals surface area contributed by atoms with Gasteiger partial charge in [0.25, 0.3) is 0 Å². The van der Waals surface area contributed by atoms with Gasteiger partial charge in [0.05, 0.1) is 13.2 Å². The Hall–Kier alpha value is -1.10. The second kappa shape index (κ2) is 6.77. The van der Waals surface area contributed by atoms with Crippen LogP contribution in [0.25, 0.3) is 0 Å². The van der Waals surface area contributed by atoms with E-state index in [-0.39, 0.29) is 0 Å². The summed E-state index contributed by atoms with van der Waals surface area (Å²) in [5.74, 6) is 0. The first-order valence-corrected chi connectivity index (χ1v) is 8.14. The fourth-order valence-electron chi connectivity index (χ4n) is 3.58. The highest BCUT2D eigenvalue weighted by molar-refractivity contribution is 5.56. The topological polar surface area (TPSA) is 41.7 Å². The summed E-state index contributed by atoms with van der Waals surface area (Å²) in [4.78, 5) is 5.14. The van der Waals surface area contributed by atoms with Crippen molar-refractivity contribution >= 4 is 5.69 Å². The maximum Gasteiger partial charge on any atom is 0.0594 e. The Bertz CT molecular complexity index is 471. The molecule has 1 aromatic carbocycles. The maximum atomic E-state index is 5.78. The number of morpholine rings is 1. The van der Waals surface area contributed by atoms with Crippen molar-refractivity contribution in [1.82, 2.24) is 4.90 Å². The van der Waals surface area contributed by atoms with Gasteiger partial charge in [0.15, 0.2) is 0 Å². The Kier molecular flexibility index (Phi) is 4.78. The van der Waals surface area contributed by atoms with Gasteiger partial charge in [-0.25, -0.2) is 0 Å². The minimum Gasteiger partial charge on any atom is -0.379 e. The molecule has 1 atom stereocenters. The molecule has 2 saturated heterocycles. The van der Waals surface area contributed by atoms with Crippen LogP contribution in [0.2, 0.25) is 0 Å². The molecule has 2 aliphatic heterocycles. The zero-order chi connectivity index (χ0) is 14.7. The molecule has 21 heavy (non-hydrogen) atoms. The number of benzene rings is 1. The molecule has 116 valence electrons. The van der Waals surface area contributed by atoms with E-state index in [1.807, 2.05) is 0 Å². The van der Waals surface area contributed by atoms with E-state index >= 15 is 0 Å². The molecule has 2 N–H and O–H groups in total. The lowest BCUT2D eigenvalue weighted by Gasteiger charge is -2.32. The predicted octanol–water partition coefficient (Wildman–Crippen LogP) is 1.41. The summed E-state index contributed by atoms with van der Waals surface area (Å²) in [6.45, 7) is 9.12. The van der Waals surface area contributed by atoms with Crippen molar-refractivity contribution in [1.29, 1.82) is 0 Å². The Balaban J connectivity index is 1.70. The minimum atomic E-state index is 0.681. The summed E-state index contributed by atoms with van der Waals surface area (Å²) in [5, 5.41) is 0. The lowest BCUT2D eigenvalue weighted by atomic mass is 10.1. The number of hydrogen-bond donors (Lipinski definition) is 1. The van der Waals surface area contributed by atoms with Crippen LogP contribution in [0.4, 0.5) is 5.69 Å². The second-order valence-corrected chi connectivity index (χ2v) is 6.21. The van der Waals surface area contributed by atoms with E-state index in [1.54, 1.807) is 0 Å². The molecular weight excluding hydrogens is 262 g/mol. The highest BCUT2D eigenvalue weighted by Crippen LogP contribution is 2.28. The maximum absolute atomic E-state index is 5.78. The fourth-order valence-corrected chi connectivity index (χ4v) is 3.58. The van der Waals surface area contributed by atoms with E-state index in [9.17, 15) is 0 Å². The van der Waals surface area contributed by atoms with E-state index in [2.05, 4.69) is 34.9 Å². The van der Waals surface area contributed by atoms with Crippen LogP contribution in [0.3, 0.4) is 0 Å². The molecule has 0 aromatic heterocycles. The molecule has 2 aliphatic rings. The van der Waals surface area contributed by atoms with Crippen LogP contribution >= 0.6 is 0 Å². The molecule has 4 nitrogen and oxygen atoms in total. The Morgan fingerprint density at radius 1 is 1.24 bits per heavy atom. The highest BCUT2D eigenvalue weighted by atomic mass is 16.5. The van der Waals surface area contributed by atoms with Gasteiger partial charge < -0.3 is 15.4 Å². The van der Waals surface area contributed by atoms with Crippen LogP contribution in [0.15, 0.2) is 18.2 Å². The van der Waals surface area contributed by atoms with Crippen LogP contribution in [-0.2, 0) is 11.2 Å². The normalized spacial score (nSPS) is 23.7. The van der Waals surface area contributed by atoms with Crippen molar-refractivity contribution in [3.05, 3.63) is 29.3 Å². The van der Waals surface area contributed by atoms with E-state index in [4.69, 9.17) is 10.5 Å². The third kappa shape index (κ3) is 3.39. The van der Waals surface area contributed by atoms with E-state index in [0.717, 1.165) is 52.4 Å². The van der Waals surface area contributed by atoms with Gasteiger partial charge in [-0.15, -0.1) is 0 Å². The van der Waals surface area contributed by atoms with Crippen LogP contribution in [0.5, 0.6) is 0 Å². The number of aryl methyl sites for hydroxylation is 1. The average Bonchev–Trinajstić information content (AvgIpc) is 2.98. The second-order valence-electron chi connectivity index (χ2n) is 6.21. The molecule has 3 rings (SSSR count). The monoisotopic (exact) mass is 289 g/mol. The van der Waals surface area contributed by atoms with Crippen LogP contribution in [0, 0.1) is 6.92 Å². The average molecular weight is 289 g/mol. The Morgan fingerprint density at radius 2 is 2.05 bits per heavy atom. The molecule has 1 aromatic rings. The van der Waals surface area contributed by atoms with Crippen LogP contribution in [-0.4, -0.2) is 56.9 Å². The number of nitrogens with two attached hydrogens (primary N) is 1. The van der Waals surface area contributed by atoms with Gasteiger partial charge in [0, 0.05) is 37.9 Å². The number of ether oxygens (including phenoxy) is 1. The third-order valence-electron chi connectivity index (χ3n) is 4.71. The SMILES string of the molecule is Cc1ccc(N2CCC(N3CCOCC3)C2)c(CCN)c1. The summed E-state index contributed by atoms with van der Waals surface area (Å²) in [6.07, 6.45) is 2.23. The van der Waals surface area contributed by atoms with Gasteiger partial charge in [0.2, 0.25) is 0 Å². The summed E-state index contributed by atoms with van der Waals surface area (Å²) in [7, 11) is 0. The molecule has 0 radical (unpaired) electrons. The van der Waals surface area contributed by atoms with Crippen LogP contribution < -0.4 is 10.6 Å². The van der Waals surface area contributed by atoms with Gasteiger partial charge in [-0.2, -0.15) is 0 Å². The lowest BCUT2D eigenvalue weighted by molar-refractivity contribution is 0.0209. The summed E-state index contributed by atoms with van der Waals surface area (Å²) in [5.41, 5.74) is 9.90. The molecule has 2 heterocycles. The van der Waals surface area contributed by atoms with Crippen molar-refractivity contribution < 1.29 is 4.74 Å². The summed E-state index contributed by atoms with van der Waals surface area (Å²) in [6, 6.07) is 7.48. The molecule has 2 fully saturated rings. The molecule has 0 aliphatic carbocycles. The largest absolute Gasteiger partial charge is 0.379 e. The van der Waals surface area contributed by atoms with Crippen molar-refractivity contribution in [2.24, 2.45) is 5.73 Å². The fraction of sp³-hybridized carbons (Fsp3) is 0.647. The molecule has 0 spiro atoms. The molecule has 1 unspecified atom stereocenters. The van der Waals surface area contributed by atoms with Crippen LogP contribution in [0.1, 0.15) is 17.5 Å². The highest BCUT2D eigenvalue weighted by Gasteiger charge is 2.29. The van der Waals surface area contributed by atoms with Crippen molar-refractivity contribution in [3.8, 4) is 0 Å². The summed E-state index contributed by atoms with van der Waals surface area (Å²) < 4.78 is 5.47. The zero-order valence-corrected chi connectivity index (χ0v) is 13.1. The van der Waals surface area contributed by atoms with Crippen molar-refractivity contribution in [2.45, 2.75) is 25.8 Å². The first-order valence-electron chi connectivity index (χ1n) is 8.14. The van der Waals surface area contributed by atoms with E-state index < -0.39 is 0 Å². The van der Waals surface area contributed by atoms with Gasteiger partial charge in [-0.05, 0) is 37.9 Å². The molecule has 0 amide bonds. The van der Waals surface area contributed by atoms with Crippen molar-refractivity contribution in [3.63, 3.8) is 0 Å². The van der Waals surface area contributed by atoms with Gasteiger partial charge >= 0.3 is 0 Å². The third-order valence-corrected chi connectivity index (χ3v) is 4.71. The van der Waals surface area contributed by atoms with E-state index in [1.165, 1.54) is 23.2 Å². The van der Waals surface area contributed by atoms with Gasteiger partial charge in [-0.1, -0.05) is 17.7 Å². The summed E-state index contributed by atoms with van der Waals surface area (Å²) >= 11 is 0. The van der Waals surface area contributed by atoms with E-state index in [0.29, 0.717) is 6.04 Å². The number of hydrogen-bond acceptors (Lipinski definition) is 4. The standard InChI is InChI=1S/C17H27N3O/c1-14-2-3-17(15(12-14)4-6-18)20-7-5-16(13-20)19-8-10-21-11-9-19/h2-3,12,16H,4-11,13,18H2,1H3. The molecular formula is C17H27N3O. The zero-order valence-electron chi connectivity index (χ0n) is 13.1. The number of nitrogens with zero attached hydrogens (tertiary/aromatic N) is 2. The van der Waals surface area contributed by atoms with Crippen molar-refractivity contribution in [2.75, 3.05) is 50.8 Å². The van der Waals surface area contributed by atoms with Gasteiger partial charge in [-0.3, -0.25) is 4.90 Å². The number of rotatable bonds is 4. The smallest absolute Gasteiger partial charge is 0.0594 e. The van der Waals surface area contributed by atoms with Gasteiger partial charge in [0.1, 0.15) is 0 Å². The Labute approximate surface area is 127 Å². The first kappa shape index (κ1) is 14.8. The molecule has 0 saturated carbocycles. The quantitative estimate of drug-likeness (QED) is 0.910. The Morgan fingerprint density at radius 3 is 2.81 bits per heavy atom. The lowest BCUT2D eigenvalue weighted by Crippen LogP contribution is -2.44.